The summed E-state index contributed by atoms with van der Waals surface area (Å²) in [5, 5.41) is 14.6. The highest BCUT2D eigenvalue weighted by atomic mass is 16.6. The lowest BCUT2D eigenvalue weighted by Gasteiger charge is -2.05. The monoisotopic (exact) mass is 327 g/mol. The number of nitro groups is 1. The number of benzene rings is 2. The van der Waals surface area contributed by atoms with Gasteiger partial charge in [0.1, 0.15) is 5.75 Å². The molecule has 0 radical (unpaired) electrons. The van der Waals surface area contributed by atoms with Crippen molar-refractivity contribution >= 4 is 17.3 Å². The Hall–Kier alpha value is -3.22. The molecule has 2 aromatic carbocycles. The van der Waals surface area contributed by atoms with Crippen LogP contribution in [0.25, 0.3) is 0 Å². The van der Waals surface area contributed by atoms with E-state index >= 15 is 0 Å². The summed E-state index contributed by atoms with van der Waals surface area (Å²) < 4.78 is 5.37. The summed E-state index contributed by atoms with van der Waals surface area (Å²) >= 11 is 0. The molecule has 2 aromatic rings. The van der Waals surface area contributed by atoms with Gasteiger partial charge < -0.3 is 4.74 Å². The zero-order valence-electron chi connectivity index (χ0n) is 13.4. The second-order valence-corrected chi connectivity index (χ2v) is 4.90. The number of nitrogens with zero attached hydrogens (tertiary/aromatic N) is 2. The summed E-state index contributed by atoms with van der Waals surface area (Å²) in [6, 6.07) is 12.7. The van der Waals surface area contributed by atoms with Gasteiger partial charge in [-0.3, -0.25) is 14.9 Å². The summed E-state index contributed by atoms with van der Waals surface area (Å²) in [6.45, 7) is 4.28. The predicted octanol–water partition coefficient (Wildman–Crippen LogP) is 3.15. The van der Waals surface area contributed by atoms with E-state index in [1.54, 1.807) is 6.92 Å². The molecule has 0 aliphatic rings. The molecular weight excluding hydrogens is 310 g/mol. The first-order valence-corrected chi connectivity index (χ1v) is 7.33. The molecule has 2 rings (SSSR count). The van der Waals surface area contributed by atoms with Crippen molar-refractivity contribution in [1.82, 2.24) is 5.43 Å². The molecule has 0 atom stereocenters. The van der Waals surface area contributed by atoms with Crippen LogP contribution in [0.2, 0.25) is 0 Å². The maximum Gasteiger partial charge on any atom is 0.271 e. The van der Waals surface area contributed by atoms with Gasteiger partial charge in [-0.1, -0.05) is 0 Å². The van der Waals surface area contributed by atoms with E-state index in [9.17, 15) is 14.9 Å². The van der Waals surface area contributed by atoms with Gasteiger partial charge in [-0.15, -0.1) is 0 Å². The molecule has 0 aromatic heterocycles. The maximum absolute atomic E-state index is 12.0. The summed E-state index contributed by atoms with van der Waals surface area (Å²) in [6.07, 6.45) is 0. The molecule has 7 heteroatoms. The zero-order chi connectivity index (χ0) is 17.5. The molecule has 0 aliphatic carbocycles. The van der Waals surface area contributed by atoms with Crippen molar-refractivity contribution in [3.63, 3.8) is 0 Å². The number of hydrogen-bond acceptors (Lipinski definition) is 5. The van der Waals surface area contributed by atoms with Gasteiger partial charge in [0, 0.05) is 17.7 Å². The smallest absolute Gasteiger partial charge is 0.271 e. The fraction of sp³-hybridized carbons (Fsp3) is 0.176. The first kappa shape index (κ1) is 17.1. The van der Waals surface area contributed by atoms with E-state index in [0.717, 1.165) is 11.3 Å². The molecule has 0 fully saturated rings. The van der Waals surface area contributed by atoms with Crippen LogP contribution in [0.5, 0.6) is 5.75 Å². The van der Waals surface area contributed by atoms with E-state index in [4.69, 9.17) is 4.74 Å². The predicted molar refractivity (Wildman–Crippen MR) is 90.4 cm³/mol. The van der Waals surface area contributed by atoms with Gasteiger partial charge in [0.15, 0.2) is 0 Å². The molecule has 0 saturated heterocycles. The number of carbonyl (C=O) groups excluding carboxylic acids is 1. The summed E-state index contributed by atoms with van der Waals surface area (Å²) in [5.41, 5.74) is 4.14. The molecule has 7 nitrogen and oxygen atoms in total. The first-order valence-electron chi connectivity index (χ1n) is 7.33. The van der Waals surface area contributed by atoms with Crippen LogP contribution in [-0.2, 0) is 0 Å². The van der Waals surface area contributed by atoms with E-state index < -0.39 is 10.8 Å². The number of rotatable bonds is 6. The van der Waals surface area contributed by atoms with Gasteiger partial charge >= 0.3 is 0 Å². The molecule has 0 unspecified atom stereocenters. The number of nitro benzene ring substituents is 1. The highest BCUT2D eigenvalue weighted by Gasteiger charge is 2.09. The molecule has 0 heterocycles. The average Bonchev–Trinajstić information content (AvgIpc) is 2.60. The van der Waals surface area contributed by atoms with Gasteiger partial charge in [-0.05, 0) is 55.8 Å². The topological polar surface area (TPSA) is 93.8 Å². The normalized spacial score (nSPS) is 11.0. The van der Waals surface area contributed by atoms with Crippen molar-refractivity contribution in [1.29, 1.82) is 0 Å². The van der Waals surface area contributed by atoms with Gasteiger partial charge in [-0.25, -0.2) is 5.43 Å². The van der Waals surface area contributed by atoms with E-state index in [-0.39, 0.29) is 5.69 Å². The van der Waals surface area contributed by atoms with Crippen LogP contribution in [-0.4, -0.2) is 23.1 Å². The lowest BCUT2D eigenvalue weighted by Crippen LogP contribution is -2.19. The van der Waals surface area contributed by atoms with Crippen LogP contribution in [0.3, 0.4) is 0 Å². The minimum absolute atomic E-state index is 0.0689. The fourth-order valence-electron chi connectivity index (χ4n) is 1.96. The lowest BCUT2D eigenvalue weighted by molar-refractivity contribution is -0.384. The Morgan fingerprint density at radius 2 is 1.71 bits per heavy atom. The summed E-state index contributed by atoms with van der Waals surface area (Å²) in [7, 11) is 0. The Morgan fingerprint density at radius 1 is 1.12 bits per heavy atom. The van der Waals surface area contributed by atoms with Crippen molar-refractivity contribution in [2.45, 2.75) is 13.8 Å². The Morgan fingerprint density at radius 3 is 2.25 bits per heavy atom. The minimum Gasteiger partial charge on any atom is -0.494 e. The second kappa shape index (κ2) is 7.87. The summed E-state index contributed by atoms with van der Waals surface area (Å²) in [5.74, 6) is 0.333. The molecule has 0 saturated carbocycles. The highest BCUT2D eigenvalue weighted by Crippen LogP contribution is 2.13. The van der Waals surface area contributed by atoms with Crippen LogP contribution >= 0.6 is 0 Å². The Bertz CT molecular complexity index is 752. The van der Waals surface area contributed by atoms with Gasteiger partial charge in [0.25, 0.3) is 11.6 Å². The van der Waals surface area contributed by atoms with Crippen molar-refractivity contribution in [3.05, 3.63) is 69.8 Å². The number of hydrazone groups is 1. The number of carbonyl (C=O) groups is 1. The Labute approximate surface area is 139 Å². The third-order valence-electron chi connectivity index (χ3n) is 3.25. The van der Waals surface area contributed by atoms with E-state index in [0.29, 0.717) is 17.9 Å². The number of non-ortho nitro benzene ring substituents is 1. The van der Waals surface area contributed by atoms with Crippen molar-refractivity contribution in [3.8, 4) is 5.75 Å². The first-order chi connectivity index (χ1) is 11.5. The second-order valence-electron chi connectivity index (χ2n) is 4.90. The Kier molecular flexibility index (Phi) is 5.62. The number of hydrogen-bond donors (Lipinski definition) is 1. The van der Waals surface area contributed by atoms with Crippen molar-refractivity contribution < 1.29 is 14.5 Å². The van der Waals surface area contributed by atoms with E-state index in [2.05, 4.69) is 10.5 Å². The maximum atomic E-state index is 12.0. The molecule has 0 spiro atoms. The van der Waals surface area contributed by atoms with Crippen molar-refractivity contribution in [2.24, 2.45) is 5.10 Å². The molecule has 124 valence electrons. The zero-order valence-corrected chi connectivity index (χ0v) is 13.4. The molecule has 24 heavy (non-hydrogen) atoms. The van der Waals surface area contributed by atoms with Crippen molar-refractivity contribution in [2.75, 3.05) is 6.61 Å². The largest absolute Gasteiger partial charge is 0.494 e. The van der Waals surface area contributed by atoms with Crippen LogP contribution in [0.1, 0.15) is 29.8 Å². The van der Waals surface area contributed by atoms with Gasteiger partial charge in [-0.2, -0.15) is 5.10 Å². The van der Waals surface area contributed by atoms with Crippen LogP contribution in [0.15, 0.2) is 53.6 Å². The number of amides is 1. The summed E-state index contributed by atoms with van der Waals surface area (Å²) in [4.78, 5) is 22.1. The Balaban J connectivity index is 2.02. The average molecular weight is 327 g/mol. The van der Waals surface area contributed by atoms with E-state index in [1.807, 2.05) is 31.2 Å². The third kappa shape index (κ3) is 4.39. The standard InChI is InChI=1S/C17H17N3O4/c1-3-24-16-10-6-13(7-11-16)12(2)18-19-17(21)14-4-8-15(9-5-14)20(22)23/h4-11H,3H2,1-2H3,(H,19,21)/b18-12-. The SMILES string of the molecule is CCOc1ccc(/C(C)=N\NC(=O)c2ccc([N+](=O)[O-])cc2)cc1. The van der Waals surface area contributed by atoms with Gasteiger partial charge in [0.2, 0.25) is 0 Å². The molecular formula is C17H17N3O4. The van der Waals surface area contributed by atoms with E-state index in [1.165, 1.54) is 24.3 Å². The fourth-order valence-corrected chi connectivity index (χ4v) is 1.96. The molecule has 0 bridgehead atoms. The van der Waals surface area contributed by atoms with Crippen LogP contribution < -0.4 is 10.2 Å². The molecule has 0 aliphatic heterocycles. The molecule has 1 N–H and O–H groups in total. The highest BCUT2D eigenvalue weighted by molar-refractivity contribution is 6.00. The van der Waals surface area contributed by atoms with Crippen LogP contribution in [0.4, 0.5) is 5.69 Å². The lowest BCUT2D eigenvalue weighted by atomic mass is 10.1. The number of ether oxygens (including phenoxy) is 1. The van der Waals surface area contributed by atoms with Crippen LogP contribution in [0, 0.1) is 10.1 Å². The third-order valence-corrected chi connectivity index (χ3v) is 3.25. The number of nitrogens with one attached hydrogen (secondary N) is 1. The van der Waals surface area contributed by atoms with Gasteiger partial charge in [0.05, 0.1) is 17.2 Å². The minimum atomic E-state index is -0.518. The quantitative estimate of drug-likeness (QED) is 0.501. The molecule has 1 amide bonds.